The van der Waals surface area contributed by atoms with E-state index in [1.807, 2.05) is 34.9 Å². The Balaban J connectivity index is 1.61. The first-order valence-corrected chi connectivity index (χ1v) is 10.6. The van der Waals surface area contributed by atoms with Crippen molar-refractivity contribution in [1.29, 1.82) is 5.26 Å². The molecular weight excluding hydrogens is 431 g/mol. The van der Waals surface area contributed by atoms with E-state index in [9.17, 15) is 23.2 Å². The number of para-hydroxylation sites is 1. The van der Waals surface area contributed by atoms with Gasteiger partial charge in [-0.3, -0.25) is 4.79 Å². The summed E-state index contributed by atoms with van der Waals surface area (Å²) in [7, 11) is 0. The van der Waals surface area contributed by atoms with Crippen molar-refractivity contribution in [3.8, 4) is 6.07 Å². The second kappa shape index (κ2) is 9.51. The van der Waals surface area contributed by atoms with Crippen molar-refractivity contribution in [2.24, 2.45) is 0 Å². The van der Waals surface area contributed by atoms with Crippen LogP contribution in [0, 0.1) is 11.3 Å². The summed E-state index contributed by atoms with van der Waals surface area (Å²) in [5, 5.41) is 13.1. The Kier molecular flexibility index (Phi) is 6.52. The first-order chi connectivity index (χ1) is 15.8. The summed E-state index contributed by atoms with van der Waals surface area (Å²) < 4.78 is 46.6. The van der Waals surface area contributed by atoms with Crippen LogP contribution in [-0.2, 0) is 22.3 Å². The van der Waals surface area contributed by atoms with E-state index in [0.29, 0.717) is 24.3 Å². The summed E-state index contributed by atoms with van der Waals surface area (Å²) in [5.41, 5.74) is 1.18. The van der Waals surface area contributed by atoms with Crippen LogP contribution in [0.25, 0.3) is 17.0 Å². The molecule has 3 aromatic rings. The van der Waals surface area contributed by atoms with Crippen LogP contribution in [0.3, 0.4) is 0 Å². The minimum Gasteiger partial charge on any atom is -0.376 e. The van der Waals surface area contributed by atoms with Crippen LogP contribution in [0.4, 0.5) is 13.2 Å². The molecule has 0 radical (unpaired) electrons. The number of carbonyl (C=O) groups is 1. The highest BCUT2D eigenvalue weighted by molar-refractivity contribution is 6.04. The molecule has 1 atom stereocenters. The number of nitrogens with one attached hydrogen (secondary N) is 1. The van der Waals surface area contributed by atoms with Crippen LogP contribution in [0.15, 0.2) is 60.3 Å². The molecule has 1 aliphatic heterocycles. The molecule has 8 heteroatoms. The summed E-state index contributed by atoms with van der Waals surface area (Å²) in [6.45, 7) is 1.23. The van der Waals surface area contributed by atoms with E-state index in [1.165, 1.54) is 12.1 Å². The Morgan fingerprint density at radius 1 is 1.24 bits per heavy atom. The number of alkyl halides is 3. The SMILES string of the molecule is N#C/C(=C/c1cn(Cc2cccc(C(F)(F)F)c2)c2ccccc12)C(=O)NC[C@H]1CCCO1. The quantitative estimate of drug-likeness (QED) is 0.426. The molecule has 1 fully saturated rings. The lowest BCUT2D eigenvalue weighted by atomic mass is 10.1. The van der Waals surface area contributed by atoms with E-state index in [4.69, 9.17) is 4.74 Å². The first kappa shape index (κ1) is 22.6. The second-order valence-corrected chi connectivity index (χ2v) is 7.94. The minimum absolute atomic E-state index is 0.0386. The van der Waals surface area contributed by atoms with Gasteiger partial charge in [0.1, 0.15) is 11.6 Å². The van der Waals surface area contributed by atoms with Crippen molar-refractivity contribution < 1.29 is 22.7 Å². The number of ether oxygens (including phenoxy) is 1. The number of aromatic nitrogens is 1. The van der Waals surface area contributed by atoms with E-state index in [-0.39, 0.29) is 18.2 Å². The molecule has 0 saturated carbocycles. The molecular formula is C25H22F3N3O2. The van der Waals surface area contributed by atoms with Crippen molar-refractivity contribution >= 4 is 22.9 Å². The average Bonchev–Trinajstić information content (AvgIpc) is 3.44. The van der Waals surface area contributed by atoms with Crippen LogP contribution in [-0.4, -0.2) is 29.7 Å². The molecule has 1 aliphatic rings. The number of hydrogen-bond acceptors (Lipinski definition) is 3. The average molecular weight is 453 g/mol. The summed E-state index contributed by atoms with van der Waals surface area (Å²) in [6.07, 6.45) is 0.623. The standard InChI is InChI=1S/C25H22F3N3O2/c26-25(27,28)20-6-3-5-17(11-20)15-31-16-19(22-8-1-2-9-23(22)31)12-18(13-29)24(32)30-14-21-7-4-10-33-21/h1-3,5-6,8-9,11-12,16,21H,4,7,10,14-15H2,(H,30,32)/b18-12-/t21-/m1/s1. The van der Waals surface area contributed by atoms with Gasteiger partial charge in [0.2, 0.25) is 0 Å². The number of amides is 1. The normalized spacial score (nSPS) is 16.7. The van der Waals surface area contributed by atoms with Gasteiger partial charge in [0.15, 0.2) is 0 Å². The predicted octanol–water partition coefficient (Wildman–Crippen LogP) is 4.91. The number of benzene rings is 2. The molecule has 0 aliphatic carbocycles. The number of hydrogen-bond donors (Lipinski definition) is 1. The maximum atomic E-state index is 13.1. The highest BCUT2D eigenvalue weighted by Crippen LogP contribution is 2.30. The van der Waals surface area contributed by atoms with Crippen molar-refractivity contribution in [2.75, 3.05) is 13.2 Å². The summed E-state index contributed by atoms with van der Waals surface area (Å²) in [4.78, 5) is 12.5. The van der Waals surface area contributed by atoms with Gasteiger partial charge >= 0.3 is 6.18 Å². The van der Waals surface area contributed by atoms with Crippen LogP contribution in [0.1, 0.15) is 29.5 Å². The van der Waals surface area contributed by atoms with Gasteiger partial charge in [-0.2, -0.15) is 18.4 Å². The monoisotopic (exact) mass is 453 g/mol. The Labute approximate surface area is 189 Å². The third-order valence-corrected chi connectivity index (χ3v) is 5.61. The van der Waals surface area contributed by atoms with Crippen LogP contribution in [0.5, 0.6) is 0 Å². The van der Waals surface area contributed by atoms with Gasteiger partial charge in [0, 0.05) is 42.4 Å². The number of fused-ring (bicyclic) bond motifs is 1. The smallest absolute Gasteiger partial charge is 0.376 e. The fourth-order valence-corrected chi connectivity index (χ4v) is 3.97. The molecule has 4 rings (SSSR count). The summed E-state index contributed by atoms with van der Waals surface area (Å²) in [6, 6.07) is 14.5. The Bertz CT molecular complexity index is 1230. The van der Waals surface area contributed by atoms with E-state index in [0.717, 1.165) is 35.9 Å². The maximum absolute atomic E-state index is 13.1. The molecule has 5 nitrogen and oxygen atoms in total. The molecule has 2 aromatic carbocycles. The second-order valence-electron chi connectivity index (χ2n) is 7.94. The van der Waals surface area contributed by atoms with Gasteiger partial charge in [-0.15, -0.1) is 0 Å². The number of carbonyl (C=O) groups excluding carboxylic acids is 1. The molecule has 33 heavy (non-hydrogen) atoms. The van der Waals surface area contributed by atoms with Gasteiger partial charge in [-0.25, -0.2) is 0 Å². The maximum Gasteiger partial charge on any atom is 0.416 e. The number of nitriles is 1. The summed E-state index contributed by atoms with van der Waals surface area (Å²) >= 11 is 0. The lowest BCUT2D eigenvalue weighted by molar-refractivity contribution is -0.137. The first-order valence-electron chi connectivity index (χ1n) is 10.6. The van der Waals surface area contributed by atoms with E-state index in [2.05, 4.69) is 5.32 Å². The molecule has 0 unspecified atom stereocenters. The molecule has 0 bridgehead atoms. The molecule has 170 valence electrons. The highest BCUT2D eigenvalue weighted by atomic mass is 19.4. The zero-order valence-corrected chi connectivity index (χ0v) is 17.7. The van der Waals surface area contributed by atoms with Crippen molar-refractivity contribution in [3.05, 3.63) is 77.0 Å². The van der Waals surface area contributed by atoms with Gasteiger partial charge in [0.05, 0.1) is 11.7 Å². The Hall–Kier alpha value is -3.57. The van der Waals surface area contributed by atoms with Crippen LogP contribution < -0.4 is 5.32 Å². The number of nitrogens with zero attached hydrogens (tertiary/aromatic N) is 2. The Morgan fingerprint density at radius 2 is 2.06 bits per heavy atom. The fraction of sp³-hybridized carbons (Fsp3) is 0.280. The van der Waals surface area contributed by atoms with E-state index >= 15 is 0 Å². The zero-order chi connectivity index (χ0) is 23.4. The highest BCUT2D eigenvalue weighted by Gasteiger charge is 2.30. The predicted molar refractivity (Wildman–Crippen MR) is 118 cm³/mol. The third-order valence-electron chi connectivity index (χ3n) is 5.61. The summed E-state index contributed by atoms with van der Waals surface area (Å²) in [5.74, 6) is -0.484. The van der Waals surface area contributed by atoms with Crippen molar-refractivity contribution in [3.63, 3.8) is 0 Å². The largest absolute Gasteiger partial charge is 0.416 e. The van der Waals surface area contributed by atoms with E-state index < -0.39 is 17.6 Å². The van der Waals surface area contributed by atoms with Gasteiger partial charge in [-0.05, 0) is 42.7 Å². The fourth-order valence-electron chi connectivity index (χ4n) is 3.97. The number of rotatable bonds is 6. The molecule has 1 aromatic heterocycles. The van der Waals surface area contributed by atoms with Crippen LogP contribution in [0.2, 0.25) is 0 Å². The molecule has 2 heterocycles. The zero-order valence-electron chi connectivity index (χ0n) is 17.7. The molecule has 1 amide bonds. The molecule has 0 spiro atoms. The number of halogens is 3. The Morgan fingerprint density at radius 3 is 2.79 bits per heavy atom. The lowest BCUT2D eigenvalue weighted by Gasteiger charge is -2.10. The topological polar surface area (TPSA) is 67.0 Å². The van der Waals surface area contributed by atoms with Gasteiger partial charge in [0.25, 0.3) is 5.91 Å². The third kappa shape index (κ3) is 5.26. The van der Waals surface area contributed by atoms with Gasteiger partial charge < -0.3 is 14.6 Å². The van der Waals surface area contributed by atoms with Crippen molar-refractivity contribution in [1.82, 2.24) is 9.88 Å². The molecule has 1 saturated heterocycles. The lowest BCUT2D eigenvalue weighted by Crippen LogP contribution is -2.32. The van der Waals surface area contributed by atoms with Crippen LogP contribution >= 0.6 is 0 Å². The van der Waals surface area contributed by atoms with E-state index in [1.54, 1.807) is 12.3 Å². The minimum atomic E-state index is -4.42. The van der Waals surface area contributed by atoms with Crippen molar-refractivity contribution in [2.45, 2.75) is 31.7 Å². The molecule has 1 N–H and O–H groups in total. The van der Waals surface area contributed by atoms with Gasteiger partial charge in [-0.1, -0.05) is 30.3 Å².